The molecular weight excluding hydrogens is 128 g/mol. The van der Waals surface area contributed by atoms with Crippen molar-refractivity contribution in [3.63, 3.8) is 0 Å². The minimum atomic E-state index is 0. The van der Waals surface area contributed by atoms with Crippen LogP contribution in [-0.4, -0.2) is 0 Å². The van der Waals surface area contributed by atoms with E-state index in [1.54, 1.807) is 0 Å². The molecule has 0 aromatic carbocycles. The summed E-state index contributed by atoms with van der Waals surface area (Å²) in [5.74, 6) is 0. The largest absolute Gasteiger partial charge is 0 e. The fraction of sp³-hybridized carbons (Fsp3) is 1.00. The van der Waals surface area contributed by atoms with Crippen LogP contribution in [0.1, 0.15) is 13.3 Å². The van der Waals surface area contributed by atoms with E-state index in [0.29, 0.717) is 0 Å². The Labute approximate surface area is 47.7 Å². The summed E-state index contributed by atoms with van der Waals surface area (Å²) in [6.07, 6.45) is 1.12. The van der Waals surface area contributed by atoms with Crippen molar-refractivity contribution in [2.75, 3.05) is 0 Å². The zero-order valence-electron chi connectivity index (χ0n) is 3.61. The summed E-state index contributed by atoms with van der Waals surface area (Å²) in [5.41, 5.74) is 0. The van der Waals surface area contributed by atoms with Gasteiger partial charge in [0.25, 0.3) is 0 Å². The van der Waals surface area contributed by atoms with Crippen LogP contribution in [0.25, 0.3) is 0 Å². The van der Waals surface area contributed by atoms with E-state index in [1.165, 1.54) is 0 Å². The number of rotatable bonds is 1. The van der Waals surface area contributed by atoms with Crippen LogP contribution in [0.15, 0.2) is 0 Å². The topological polar surface area (TPSA) is 61.0 Å². The van der Waals surface area contributed by atoms with Crippen LogP contribution in [-0.2, 0) is 16.0 Å². The van der Waals surface area contributed by atoms with Crippen molar-refractivity contribution in [1.29, 1.82) is 0 Å². The molecule has 0 aromatic rings. The van der Waals surface area contributed by atoms with Gasteiger partial charge in [-0.3, -0.25) is 0 Å². The number of nitrogens with zero attached hydrogens (tertiary/aromatic N) is 2. The van der Waals surface area contributed by atoms with Gasteiger partial charge in [0.15, 0.2) is 0 Å². The molecule has 2 nitrogen and oxygen atoms in total. The molecule has 0 aliphatic rings. The van der Waals surface area contributed by atoms with Crippen molar-refractivity contribution in [3.8, 4) is 0 Å². The average molecular weight is 135 g/mol. The summed E-state index contributed by atoms with van der Waals surface area (Å²) in [6.45, 7) is 2.07. The second-order valence-electron chi connectivity index (χ2n) is 0.651. The molecule has 0 saturated heterocycles. The molecule has 6 heavy (non-hydrogen) atoms. The first-order valence-electron chi connectivity index (χ1n) is 1.42. The van der Waals surface area contributed by atoms with E-state index in [1.807, 2.05) is 0 Å². The second kappa shape index (κ2) is 18.0. The monoisotopic (exact) mass is 134 g/mol. The molecule has 0 N–H and O–H groups in total. The standard InChI is InChI=1S/C3H7.Cu.2N/c1-3-2;;;/h1,3H2,2H3;;;. The van der Waals surface area contributed by atoms with Crippen LogP contribution in [0.5, 0.6) is 0 Å². The molecule has 0 saturated carbocycles. The normalized spacial score (nSPS) is 5.17. The molecular formula is C3H7CuN2. The van der Waals surface area contributed by atoms with Crippen LogP contribution in [0.4, 0.5) is 0 Å². The molecule has 0 aromatic heterocycles. The van der Waals surface area contributed by atoms with Crippen molar-refractivity contribution < 1.29 is 16.0 Å². The van der Waals surface area contributed by atoms with E-state index in [-0.39, 0.29) is 12.3 Å². The number of hydrogen-bond donors (Lipinski definition) is 0. The molecule has 6 radical (unpaired) electrons. The fourth-order valence-electron chi connectivity index (χ4n) is 0. The third-order valence-corrected chi connectivity index (χ3v) is 0.622. The Balaban J connectivity index is -0.0000000450. The third-order valence-electron chi connectivity index (χ3n) is 0.151. The van der Waals surface area contributed by atoms with Crippen molar-refractivity contribution in [2.45, 2.75) is 18.7 Å². The van der Waals surface area contributed by atoms with Crippen molar-refractivity contribution in [3.05, 3.63) is 0 Å². The van der Waals surface area contributed by atoms with Gasteiger partial charge in [0.05, 0.1) is 0 Å². The molecule has 0 aliphatic heterocycles. The molecule has 0 atom stereocenters. The molecule has 0 heterocycles. The minimum absolute atomic E-state index is 0. The van der Waals surface area contributed by atoms with E-state index < -0.39 is 0 Å². The van der Waals surface area contributed by atoms with Gasteiger partial charge in [-0.2, -0.15) is 0 Å². The van der Waals surface area contributed by atoms with E-state index in [2.05, 4.69) is 22.9 Å². The van der Waals surface area contributed by atoms with Crippen LogP contribution >= 0.6 is 0 Å². The van der Waals surface area contributed by atoms with E-state index in [4.69, 9.17) is 0 Å². The van der Waals surface area contributed by atoms with Gasteiger partial charge in [-0.05, 0) is 0 Å². The summed E-state index contributed by atoms with van der Waals surface area (Å²) < 4.78 is 0. The molecule has 0 aliphatic carbocycles. The van der Waals surface area contributed by atoms with Gasteiger partial charge in [0, 0.05) is 12.3 Å². The Morgan fingerprint density at radius 2 is 1.50 bits per heavy atom. The van der Waals surface area contributed by atoms with Crippen LogP contribution in [0, 0.1) is 0 Å². The van der Waals surface area contributed by atoms with E-state index in [9.17, 15) is 0 Å². The average Bonchev–Trinajstić information content (AvgIpc) is 1.37. The third kappa shape index (κ3) is 25.3. The van der Waals surface area contributed by atoms with Crippen molar-refractivity contribution in [2.24, 2.45) is 0 Å². The first-order chi connectivity index (χ1) is 1.91. The second-order valence-corrected chi connectivity index (χ2v) is 1.12. The first-order valence-corrected chi connectivity index (χ1v) is 2.09. The van der Waals surface area contributed by atoms with Gasteiger partial charge >= 0.3 is 34.7 Å². The molecule has 40 valence electrons. The Morgan fingerprint density at radius 3 is 1.50 bits per heavy atom. The molecule has 3 heteroatoms. The van der Waals surface area contributed by atoms with Crippen LogP contribution in [0.3, 0.4) is 0 Å². The first kappa shape index (κ1) is 16.1. The Hall–Kier alpha value is 0.439. The van der Waals surface area contributed by atoms with E-state index in [0.717, 1.165) is 11.7 Å². The summed E-state index contributed by atoms with van der Waals surface area (Å²) in [5, 5.41) is 0.882. The summed E-state index contributed by atoms with van der Waals surface area (Å²) in [7, 11) is 0. The van der Waals surface area contributed by atoms with Gasteiger partial charge in [0.2, 0.25) is 0 Å². The maximum Gasteiger partial charge on any atom is 0 e. The summed E-state index contributed by atoms with van der Waals surface area (Å²) in [4.78, 5) is 0. The smallest absolute Gasteiger partial charge is 0 e. The van der Waals surface area contributed by atoms with Gasteiger partial charge in [-0.15, -0.1) is 0 Å². The van der Waals surface area contributed by atoms with Gasteiger partial charge < -0.3 is 0 Å². The predicted octanol–water partition coefficient (Wildman–Crippen LogP) is 0.400. The van der Waals surface area contributed by atoms with Gasteiger partial charge in [-0.25, -0.2) is 0 Å². The quantitative estimate of drug-likeness (QED) is 0.467. The predicted molar refractivity (Wildman–Crippen MR) is 19.4 cm³/mol. The Bertz CT molecular complexity index is 10.8. The Kier molecular flexibility index (Phi) is 48.4. The molecule has 0 unspecified atom stereocenters. The number of hydrogen-bond acceptors (Lipinski definition) is 0. The molecule has 0 bridgehead atoms. The van der Waals surface area contributed by atoms with E-state index >= 15 is 0 Å². The maximum atomic E-state index is 4.67. The minimum Gasteiger partial charge on any atom is 0 e. The van der Waals surface area contributed by atoms with Crippen molar-refractivity contribution >= 4 is 0 Å². The molecule has 0 fully saturated rings. The van der Waals surface area contributed by atoms with Crippen LogP contribution < -0.4 is 12.3 Å². The maximum absolute atomic E-state index is 4.67. The van der Waals surface area contributed by atoms with Crippen LogP contribution in [0.2, 0.25) is 5.32 Å². The summed E-state index contributed by atoms with van der Waals surface area (Å²) in [6, 6.07) is 0. The fourth-order valence-corrected chi connectivity index (χ4v) is 0. The van der Waals surface area contributed by atoms with Gasteiger partial charge in [0.1, 0.15) is 0 Å². The SMILES string of the molecule is CC[CH2][Cu].[N].[N]. The summed E-state index contributed by atoms with van der Waals surface area (Å²) >= 11 is 4.67. The van der Waals surface area contributed by atoms with Crippen molar-refractivity contribution in [1.82, 2.24) is 12.3 Å². The van der Waals surface area contributed by atoms with Gasteiger partial charge in [-0.1, -0.05) is 0 Å². The zero-order chi connectivity index (χ0) is 3.41. The Morgan fingerprint density at radius 1 is 1.33 bits per heavy atom. The molecule has 0 spiro atoms. The zero-order valence-corrected chi connectivity index (χ0v) is 4.55. The molecule has 0 rings (SSSR count). The molecule has 0 amide bonds.